The minimum absolute atomic E-state index is 0.252. The predicted octanol–water partition coefficient (Wildman–Crippen LogP) is 1.93. The Kier molecular flexibility index (Phi) is 5.76. The van der Waals surface area contributed by atoms with E-state index in [1.165, 1.54) is 0 Å². The molecule has 28 heavy (non-hydrogen) atoms. The van der Waals surface area contributed by atoms with Gasteiger partial charge in [-0.3, -0.25) is 14.4 Å². The number of likely N-dealkylation sites (tertiary alicyclic amines) is 1. The van der Waals surface area contributed by atoms with E-state index in [0.717, 1.165) is 22.5 Å². The van der Waals surface area contributed by atoms with Crippen LogP contribution in [0.3, 0.4) is 0 Å². The summed E-state index contributed by atoms with van der Waals surface area (Å²) in [5, 5.41) is 25.3. The molecule has 0 bridgehead atoms. The Morgan fingerprint density at radius 2 is 2.14 bits per heavy atom. The van der Waals surface area contributed by atoms with Gasteiger partial charge in [0.25, 0.3) is 0 Å². The maximum atomic E-state index is 12.3. The van der Waals surface area contributed by atoms with E-state index in [4.69, 9.17) is 4.74 Å². The lowest BCUT2D eigenvalue weighted by Gasteiger charge is -2.43. The fourth-order valence-electron chi connectivity index (χ4n) is 4.18. The van der Waals surface area contributed by atoms with Gasteiger partial charge in [-0.2, -0.15) is 5.10 Å². The van der Waals surface area contributed by atoms with Gasteiger partial charge in [-0.1, -0.05) is 12.1 Å². The molecule has 7 heteroatoms. The molecule has 1 aromatic heterocycles. The second-order valence-electron chi connectivity index (χ2n) is 7.78. The van der Waals surface area contributed by atoms with Crippen molar-refractivity contribution in [1.82, 2.24) is 14.7 Å². The molecule has 1 saturated heterocycles. The summed E-state index contributed by atoms with van der Waals surface area (Å²) in [5.74, 6) is -0.283. The summed E-state index contributed by atoms with van der Waals surface area (Å²) < 4.78 is 7.11. The number of piperidine rings is 1. The van der Waals surface area contributed by atoms with Gasteiger partial charge < -0.3 is 14.9 Å². The third-order valence-electron chi connectivity index (χ3n) is 5.98. The van der Waals surface area contributed by atoms with Crippen LogP contribution in [0.15, 0.2) is 24.3 Å². The van der Waals surface area contributed by atoms with Crippen LogP contribution in [-0.4, -0.2) is 57.2 Å². The second-order valence-corrected chi connectivity index (χ2v) is 7.78. The Hall–Kier alpha value is -2.38. The number of rotatable bonds is 6. The van der Waals surface area contributed by atoms with Crippen LogP contribution >= 0.6 is 0 Å². The summed E-state index contributed by atoms with van der Waals surface area (Å²) in [7, 11) is 3.50. The van der Waals surface area contributed by atoms with Crippen molar-refractivity contribution in [2.45, 2.75) is 39.3 Å². The predicted molar refractivity (Wildman–Crippen MR) is 105 cm³/mol. The van der Waals surface area contributed by atoms with Crippen LogP contribution in [-0.2, 0) is 24.8 Å². The Balaban J connectivity index is 1.87. The number of aromatic nitrogens is 2. The minimum Gasteiger partial charge on any atom is -0.497 e. The Morgan fingerprint density at radius 3 is 2.75 bits per heavy atom. The largest absolute Gasteiger partial charge is 0.497 e. The number of aliphatic hydroxyl groups is 1. The van der Waals surface area contributed by atoms with Crippen LogP contribution in [0.5, 0.6) is 5.75 Å². The lowest BCUT2D eigenvalue weighted by atomic mass is 9.72. The van der Waals surface area contributed by atoms with Gasteiger partial charge >= 0.3 is 5.97 Å². The molecule has 1 aliphatic rings. The molecule has 152 valence electrons. The molecule has 2 atom stereocenters. The normalized spacial score (nSPS) is 23.0. The SMILES string of the molecule is COc1cccc(C[C@@]2(C(=O)O)CN(Cc3c(C)nn(C)c3C)CC[C@@H]2O)c1. The fraction of sp³-hybridized carbons (Fsp3) is 0.524. The molecule has 0 aliphatic carbocycles. The number of hydrogen-bond acceptors (Lipinski definition) is 5. The van der Waals surface area contributed by atoms with Gasteiger partial charge in [-0.15, -0.1) is 0 Å². The molecule has 7 nitrogen and oxygen atoms in total. The van der Waals surface area contributed by atoms with Gasteiger partial charge in [0.1, 0.15) is 11.2 Å². The summed E-state index contributed by atoms with van der Waals surface area (Å²) in [6.07, 6.45) is -0.222. The van der Waals surface area contributed by atoms with Gasteiger partial charge in [-0.25, -0.2) is 0 Å². The molecular formula is C21H29N3O4. The fourth-order valence-corrected chi connectivity index (χ4v) is 4.18. The maximum Gasteiger partial charge on any atom is 0.313 e. The maximum absolute atomic E-state index is 12.3. The summed E-state index contributed by atoms with van der Waals surface area (Å²) in [4.78, 5) is 14.5. The van der Waals surface area contributed by atoms with E-state index >= 15 is 0 Å². The van der Waals surface area contributed by atoms with Crippen LogP contribution in [0.25, 0.3) is 0 Å². The topological polar surface area (TPSA) is 87.8 Å². The number of hydrogen-bond donors (Lipinski definition) is 2. The quantitative estimate of drug-likeness (QED) is 0.787. The first kappa shape index (κ1) is 20.4. The van der Waals surface area contributed by atoms with Crippen molar-refractivity contribution in [2.24, 2.45) is 12.5 Å². The summed E-state index contributed by atoms with van der Waals surface area (Å²) in [6.45, 7) is 5.57. The standard InChI is InChI=1S/C21H29N3O4/c1-14-18(15(2)23(3)22-14)12-24-9-8-19(25)21(13-24,20(26)27)11-16-6-5-7-17(10-16)28-4/h5-7,10,19,25H,8-9,11-13H2,1-4H3,(H,26,27)/t19-,21+/m0/s1. The zero-order valence-electron chi connectivity index (χ0n) is 17.0. The molecule has 0 spiro atoms. The lowest BCUT2D eigenvalue weighted by Crippen LogP contribution is -2.56. The van der Waals surface area contributed by atoms with E-state index in [1.54, 1.807) is 7.11 Å². The van der Waals surface area contributed by atoms with Gasteiger partial charge in [0.2, 0.25) is 0 Å². The molecule has 2 N–H and O–H groups in total. The number of aryl methyl sites for hydroxylation is 2. The summed E-state index contributed by atoms with van der Waals surface area (Å²) in [6, 6.07) is 7.40. The minimum atomic E-state index is -1.26. The Bertz CT molecular complexity index is 863. The van der Waals surface area contributed by atoms with Crippen molar-refractivity contribution in [2.75, 3.05) is 20.2 Å². The van der Waals surface area contributed by atoms with Gasteiger partial charge in [0.15, 0.2) is 0 Å². The Labute approximate surface area is 165 Å². The molecule has 1 fully saturated rings. The van der Waals surface area contributed by atoms with Crippen molar-refractivity contribution >= 4 is 5.97 Å². The van der Waals surface area contributed by atoms with Crippen LogP contribution in [0.4, 0.5) is 0 Å². The average Bonchev–Trinajstić information content (AvgIpc) is 2.90. The number of carbonyl (C=O) groups is 1. The average molecular weight is 387 g/mol. The van der Waals surface area contributed by atoms with Crippen LogP contribution in [0.2, 0.25) is 0 Å². The molecule has 1 aliphatic heterocycles. The first-order valence-electron chi connectivity index (χ1n) is 9.52. The van der Waals surface area contributed by atoms with Crippen molar-refractivity contribution in [3.05, 3.63) is 46.8 Å². The molecule has 0 radical (unpaired) electrons. The molecule has 0 saturated carbocycles. The molecule has 1 aromatic carbocycles. The van der Waals surface area contributed by atoms with Crippen LogP contribution in [0.1, 0.15) is 28.9 Å². The number of ether oxygens (including phenoxy) is 1. The van der Waals surface area contributed by atoms with Crippen LogP contribution in [0, 0.1) is 19.3 Å². The first-order valence-corrected chi connectivity index (χ1v) is 9.52. The molecule has 2 heterocycles. The number of nitrogens with zero attached hydrogens (tertiary/aromatic N) is 3. The van der Waals surface area contributed by atoms with E-state index in [0.29, 0.717) is 25.3 Å². The number of methoxy groups -OCH3 is 1. The molecule has 0 unspecified atom stereocenters. The highest BCUT2D eigenvalue weighted by atomic mass is 16.5. The molecular weight excluding hydrogens is 358 g/mol. The number of aliphatic hydroxyl groups excluding tert-OH is 1. The monoisotopic (exact) mass is 387 g/mol. The van der Waals surface area contributed by atoms with Gasteiger partial charge in [0, 0.05) is 37.9 Å². The highest BCUT2D eigenvalue weighted by Crippen LogP contribution is 2.36. The summed E-state index contributed by atoms with van der Waals surface area (Å²) >= 11 is 0. The highest BCUT2D eigenvalue weighted by Gasteiger charge is 2.49. The number of carboxylic acids is 1. The van der Waals surface area contributed by atoms with Crippen molar-refractivity contribution in [3.8, 4) is 5.75 Å². The van der Waals surface area contributed by atoms with Gasteiger partial charge in [0.05, 0.1) is 18.9 Å². The number of aliphatic carboxylic acids is 1. The summed E-state index contributed by atoms with van der Waals surface area (Å²) in [5.41, 5.74) is 2.75. The molecule has 3 rings (SSSR count). The van der Waals surface area contributed by atoms with Crippen molar-refractivity contribution in [1.29, 1.82) is 0 Å². The van der Waals surface area contributed by atoms with Crippen molar-refractivity contribution in [3.63, 3.8) is 0 Å². The third-order valence-corrected chi connectivity index (χ3v) is 5.98. The van der Waals surface area contributed by atoms with E-state index < -0.39 is 17.5 Å². The zero-order valence-corrected chi connectivity index (χ0v) is 17.0. The second kappa shape index (κ2) is 7.93. The van der Waals surface area contributed by atoms with E-state index in [2.05, 4.69) is 10.00 Å². The van der Waals surface area contributed by atoms with Crippen LogP contribution < -0.4 is 4.74 Å². The Morgan fingerprint density at radius 1 is 1.39 bits per heavy atom. The van der Waals surface area contributed by atoms with E-state index in [1.807, 2.05) is 49.8 Å². The third kappa shape index (κ3) is 3.77. The van der Waals surface area contributed by atoms with Gasteiger partial charge in [-0.05, 0) is 44.4 Å². The lowest BCUT2D eigenvalue weighted by molar-refractivity contribution is -0.163. The van der Waals surface area contributed by atoms with E-state index in [-0.39, 0.29) is 13.0 Å². The molecule has 2 aromatic rings. The van der Waals surface area contributed by atoms with E-state index in [9.17, 15) is 15.0 Å². The van der Waals surface area contributed by atoms with Crippen molar-refractivity contribution < 1.29 is 19.7 Å². The smallest absolute Gasteiger partial charge is 0.313 e. The zero-order chi connectivity index (χ0) is 20.5. The molecule has 0 amide bonds. The number of benzene rings is 1. The highest BCUT2D eigenvalue weighted by molar-refractivity contribution is 5.76. The first-order chi connectivity index (χ1) is 13.3. The number of carboxylic acid groups (broad SMARTS) is 1.